The van der Waals surface area contributed by atoms with Crippen LogP contribution in [-0.2, 0) is 0 Å². The monoisotopic (exact) mass is 311 g/mol. The highest BCUT2D eigenvalue weighted by atomic mass is 16.5. The Morgan fingerprint density at radius 3 is 2.33 bits per heavy atom. The molecule has 3 aromatic carbocycles. The lowest BCUT2D eigenvalue weighted by atomic mass is 10.0. The second kappa shape index (κ2) is 4.83. The Morgan fingerprint density at radius 2 is 1.42 bits per heavy atom. The molecular formula is C21H13NO2. The molecule has 0 radical (unpaired) electrons. The third-order valence-corrected chi connectivity index (χ3v) is 4.47. The fraction of sp³-hybridized carbons (Fsp3) is 0. The van der Waals surface area contributed by atoms with Crippen molar-refractivity contribution in [1.82, 2.24) is 4.98 Å². The summed E-state index contributed by atoms with van der Waals surface area (Å²) in [5, 5.41) is 3.31. The number of aromatic amines is 1. The number of benzene rings is 3. The van der Waals surface area contributed by atoms with Gasteiger partial charge in [-0.05, 0) is 52.6 Å². The third kappa shape index (κ3) is 1.88. The van der Waals surface area contributed by atoms with Gasteiger partial charge in [-0.1, -0.05) is 30.3 Å². The summed E-state index contributed by atoms with van der Waals surface area (Å²) in [6, 6.07) is 19.6. The van der Waals surface area contributed by atoms with E-state index in [1.54, 1.807) is 0 Å². The largest absolute Gasteiger partial charge is 0.456 e. The molecule has 114 valence electrons. The van der Waals surface area contributed by atoms with E-state index in [2.05, 4.69) is 29.3 Å². The first-order chi connectivity index (χ1) is 11.8. The normalized spacial score (nSPS) is 12.5. The topological polar surface area (TPSA) is 42.1 Å². The predicted molar refractivity (Wildman–Crippen MR) is 97.5 cm³/mol. The Morgan fingerprint density at radius 1 is 0.708 bits per heavy atom. The van der Waals surface area contributed by atoms with E-state index < -0.39 is 0 Å². The van der Waals surface area contributed by atoms with Crippen molar-refractivity contribution in [3.05, 3.63) is 82.1 Å². The predicted octanol–water partition coefficient (Wildman–Crippen LogP) is 4.96. The van der Waals surface area contributed by atoms with Gasteiger partial charge in [0.15, 0.2) is 0 Å². The molecule has 2 heterocycles. The molecule has 3 nitrogen and oxygen atoms in total. The van der Waals surface area contributed by atoms with E-state index >= 15 is 0 Å². The first-order valence-corrected chi connectivity index (χ1v) is 7.83. The lowest BCUT2D eigenvalue weighted by Crippen LogP contribution is -2.03. The zero-order chi connectivity index (χ0) is 16.1. The van der Waals surface area contributed by atoms with Crippen LogP contribution in [-0.4, -0.2) is 4.98 Å². The average molecular weight is 311 g/mol. The van der Waals surface area contributed by atoms with Crippen molar-refractivity contribution in [3.8, 4) is 11.5 Å². The van der Waals surface area contributed by atoms with Crippen LogP contribution in [0.4, 0.5) is 0 Å². The Balaban J connectivity index is 1.82. The van der Waals surface area contributed by atoms with Crippen LogP contribution in [0.2, 0.25) is 0 Å². The molecule has 5 rings (SSSR count). The molecule has 3 heteroatoms. The molecule has 4 aromatic rings. The van der Waals surface area contributed by atoms with E-state index in [4.69, 9.17) is 4.74 Å². The summed E-state index contributed by atoms with van der Waals surface area (Å²) < 4.78 is 6.17. The summed E-state index contributed by atoms with van der Waals surface area (Å²) in [6.45, 7) is 0. The maximum absolute atomic E-state index is 11.7. The van der Waals surface area contributed by atoms with Gasteiger partial charge in [0.1, 0.15) is 11.5 Å². The molecule has 0 aliphatic carbocycles. The highest BCUT2D eigenvalue weighted by molar-refractivity contribution is 5.99. The lowest BCUT2D eigenvalue weighted by Gasteiger charge is -2.11. The summed E-state index contributed by atoms with van der Waals surface area (Å²) in [6.07, 6.45) is 4.08. The molecule has 0 bridgehead atoms. The SMILES string of the molecule is O=c1ccc2ccc3c(c2[nH]1)C=Cc1c(ccc2ccccc12)O3. The molecule has 0 saturated carbocycles. The highest BCUT2D eigenvalue weighted by Crippen LogP contribution is 2.39. The second-order valence-electron chi connectivity index (χ2n) is 5.90. The number of rotatable bonds is 0. The maximum Gasteiger partial charge on any atom is 0.248 e. The van der Waals surface area contributed by atoms with E-state index in [9.17, 15) is 4.79 Å². The highest BCUT2D eigenvalue weighted by Gasteiger charge is 2.15. The molecule has 0 atom stereocenters. The van der Waals surface area contributed by atoms with E-state index in [0.29, 0.717) is 0 Å². The third-order valence-electron chi connectivity index (χ3n) is 4.47. The number of fused-ring (bicyclic) bond motifs is 6. The summed E-state index contributed by atoms with van der Waals surface area (Å²) in [5.74, 6) is 1.57. The molecule has 1 aliphatic heterocycles. The Hall–Kier alpha value is -3.33. The molecular weight excluding hydrogens is 298 g/mol. The van der Waals surface area contributed by atoms with Crippen molar-refractivity contribution in [3.63, 3.8) is 0 Å². The van der Waals surface area contributed by atoms with Crippen molar-refractivity contribution in [1.29, 1.82) is 0 Å². The van der Waals surface area contributed by atoms with Gasteiger partial charge in [-0.15, -0.1) is 0 Å². The number of hydrogen-bond acceptors (Lipinski definition) is 2. The van der Waals surface area contributed by atoms with Crippen LogP contribution in [0.5, 0.6) is 11.5 Å². The fourth-order valence-corrected chi connectivity index (χ4v) is 3.30. The van der Waals surface area contributed by atoms with Crippen molar-refractivity contribution < 1.29 is 4.74 Å². The molecule has 0 saturated heterocycles. The second-order valence-corrected chi connectivity index (χ2v) is 5.90. The molecule has 0 spiro atoms. The Kier molecular flexibility index (Phi) is 2.65. The molecule has 0 fully saturated rings. The zero-order valence-corrected chi connectivity index (χ0v) is 12.7. The number of ether oxygens (including phenoxy) is 1. The fourth-order valence-electron chi connectivity index (χ4n) is 3.30. The molecule has 0 unspecified atom stereocenters. The van der Waals surface area contributed by atoms with Crippen molar-refractivity contribution in [2.45, 2.75) is 0 Å². The van der Waals surface area contributed by atoms with E-state index in [1.165, 1.54) is 11.5 Å². The zero-order valence-electron chi connectivity index (χ0n) is 12.7. The van der Waals surface area contributed by atoms with Crippen molar-refractivity contribution in [2.75, 3.05) is 0 Å². The van der Waals surface area contributed by atoms with Gasteiger partial charge >= 0.3 is 0 Å². The van der Waals surface area contributed by atoms with Crippen LogP contribution >= 0.6 is 0 Å². The number of pyridine rings is 1. The van der Waals surface area contributed by atoms with Crippen LogP contribution in [0.25, 0.3) is 33.8 Å². The summed E-state index contributed by atoms with van der Waals surface area (Å²) in [4.78, 5) is 14.7. The molecule has 1 aliphatic rings. The van der Waals surface area contributed by atoms with E-state index in [-0.39, 0.29) is 5.56 Å². The minimum absolute atomic E-state index is 0.114. The van der Waals surface area contributed by atoms with Crippen molar-refractivity contribution in [2.24, 2.45) is 0 Å². The van der Waals surface area contributed by atoms with Crippen LogP contribution in [0.15, 0.2) is 65.5 Å². The first kappa shape index (κ1) is 13.1. The number of nitrogens with one attached hydrogen (secondary N) is 1. The van der Waals surface area contributed by atoms with Crippen LogP contribution in [0, 0.1) is 0 Å². The Labute approximate surface area is 137 Å². The quantitative estimate of drug-likeness (QED) is 0.439. The van der Waals surface area contributed by atoms with Gasteiger partial charge in [0, 0.05) is 17.2 Å². The first-order valence-electron chi connectivity index (χ1n) is 7.83. The van der Waals surface area contributed by atoms with Gasteiger partial charge in [0.2, 0.25) is 5.56 Å². The Bertz CT molecular complexity index is 1200. The minimum atomic E-state index is -0.114. The molecule has 24 heavy (non-hydrogen) atoms. The number of H-pyrrole nitrogens is 1. The lowest BCUT2D eigenvalue weighted by molar-refractivity contribution is 0.483. The number of aromatic nitrogens is 1. The van der Waals surface area contributed by atoms with Gasteiger partial charge in [0.05, 0.1) is 5.52 Å². The van der Waals surface area contributed by atoms with Crippen LogP contribution in [0.1, 0.15) is 11.1 Å². The number of hydrogen-bond donors (Lipinski definition) is 1. The van der Waals surface area contributed by atoms with Crippen molar-refractivity contribution >= 4 is 33.8 Å². The molecule has 0 amide bonds. The molecule has 1 N–H and O–H groups in total. The summed E-state index contributed by atoms with van der Waals surface area (Å²) in [5.41, 5.74) is 2.63. The van der Waals surface area contributed by atoms with Gasteiger partial charge in [0.25, 0.3) is 0 Å². The van der Waals surface area contributed by atoms with Crippen LogP contribution in [0.3, 0.4) is 0 Å². The van der Waals surface area contributed by atoms with E-state index in [1.807, 2.05) is 42.5 Å². The molecule has 1 aromatic heterocycles. The van der Waals surface area contributed by atoms with Gasteiger partial charge in [-0.2, -0.15) is 0 Å². The minimum Gasteiger partial charge on any atom is -0.456 e. The average Bonchev–Trinajstić information content (AvgIpc) is 2.81. The smallest absolute Gasteiger partial charge is 0.248 e. The maximum atomic E-state index is 11.7. The van der Waals surface area contributed by atoms with Gasteiger partial charge in [-0.25, -0.2) is 0 Å². The van der Waals surface area contributed by atoms with Gasteiger partial charge in [-0.3, -0.25) is 4.79 Å². The standard InChI is InChI=1S/C21H13NO2/c23-20-12-7-14-6-11-19-17(21(14)22-20)9-8-16-15-4-2-1-3-13(15)5-10-18(16)24-19/h1-12H,(H,22,23). The summed E-state index contributed by atoms with van der Waals surface area (Å²) in [7, 11) is 0. The van der Waals surface area contributed by atoms with E-state index in [0.717, 1.165) is 38.9 Å². The summed E-state index contributed by atoms with van der Waals surface area (Å²) >= 11 is 0. The van der Waals surface area contributed by atoms with Gasteiger partial charge < -0.3 is 9.72 Å². The van der Waals surface area contributed by atoms with Crippen LogP contribution < -0.4 is 10.3 Å².